The Morgan fingerprint density at radius 2 is 1.61 bits per heavy atom. The molecule has 0 N–H and O–H groups in total. The molecule has 0 saturated heterocycles. The molecule has 3 aromatic heterocycles. The molecule has 5 nitrogen and oxygen atoms in total. The van der Waals surface area contributed by atoms with Crippen molar-refractivity contribution >= 4 is 5.65 Å². The van der Waals surface area contributed by atoms with E-state index in [0.717, 1.165) is 45.3 Å². The summed E-state index contributed by atoms with van der Waals surface area (Å²) < 4.78 is 22.9. The van der Waals surface area contributed by atoms with Gasteiger partial charge in [-0.1, -0.05) is 12.1 Å². The molecule has 5 rings (SSSR count). The Kier molecular flexibility index (Phi) is 4.75. The van der Waals surface area contributed by atoms with E-state index in [2.05, 4.69) is 0 Å². The van der Waals surface area contributed by atoms with Crippen LogP contribution in [0.2, 0.25) is 0 Å². The molecule has 3 heterocycles. The lowest BCUT2D eigenvalue weighted by molar-refractivity contribution is 0.340. The molecule has 0 saturated carbocycles. The van der Waals surface area contributed by atoms with Gasteiger partial charge in [-0.15, -0.1) is 0 Å². The molecular weight excluding hydrogens is 391 g/mol. The predicted octanol–water partition coefficient (Wildman–Crippen LogP) is 5.70. The molecule has 0 aliphatic rings. The minimum atomic E-state index is -0.272. The summed E-state index contributed by atoms with van der Waals surface area (Å²) >= 11 is 0. The van der Waals surface area contributed by atoms with Gasteiger partial charge in [-0.25, -0.2) is 13.9 Å². The molecule has 0 atom stereocenters. The van der Waals surface area contributed by atoms with Crippen molar-refractivity contribution in [2.45, 2.75) is 13.8 Å². The first-order chi connectivity index (χ1) is 15.1. The van der Waals surface area contributed by atoms with Crippen LogP contribution in [0.25, 0.3) is 33.8 Å². The molecule has 0 spiro atoms. The maximum atomic E-state index is 13.5. The highest BCUT2D eigenvalue weighted by Gasteiger charge is 2.18. The van der Waals surface area contributed by atoms with Gasteiger partial charge >= 0.3 is 0 Å². The molecule has 5 aromatic rings. The zero-order valence-corrected chi connectivity index (χ0v) is 17.3. The summed E-state index contributed by atoms with van der Waals surface area (Å²) in [5.41, 5.74) is 5.28. The average Bonchev–Trinajstić information content (AvgIpc) is 3.42. The lowest BCUT2D eigenvalue weighted by Crippen LogP contribution is -2.02. The Bertz CT molecular complexity index is 1340. The molecule has 0 fully saturated rings. The predicted molar refractivity (Wildman–Crippen MR) is 119 cm³/mol. The summed E-state index contributed by atoms with van der Waals surface area (Å²) in [6.07, 6.45) is 3.90. The highest BCUT2D eigenvalue weighted by molar-refractivity contribution is 5.82. The Balaban J connectivity index is 1.76. The Labute approximate surface area is 179 Å². The number of halogens is 1. The van der Waals surface area contributed by atoms with Gasteiger partial charge < -0.3 is 9.30 Å². The van der Waals surface area contributed by atoms with E-state index in [1.54, 1.807) is 12.1 Å². The molecule has 6 heteroatoms. The fourth-order valence-electron chi connectivity index (χ4n) is 3.78. The van der Waals surface area contributed by atoms with Gasteiger partial charge in [0.05, 0.1) is 18.0 Å². The van der Waals surface area contributed by atoms with Gasteiger partial charge in [0.25, 0.3) is 0 Å². The normalized spacial score (nSPS) is 11.2. The number of aromatic nitrogens is 4. The third-order valence-corrected chi connectivity index (χ3v) is 5.21. The number of benzene rings is 2. The van der Waals surface area contributed by atoms with Crippen molar-refractivity contribution in [1.29, 1.82) is 0 Å². The van der Waals surface area contributed by atoms with E-state index in [1.807, 2.05) is 77.8 Å². The standard InChI is InChI=1S/C25H21FN4O/c1-3-31-21-12-8-19(9-13-21)24-17(2)28-30-22(18-6-10-20(26)11-7-18)16-23(27-25(24)30)29-14-4-5-15-29/h4-16H,3H2,1-2H3. The van der Waals surface area contributed by atoms with Crippen molar-refractivity contribution in [2.75, 3.05) is 6.61 Å². The highest BCUT2D eigenvalue weighted by Crippen LogP contribution is 2.32. The maximum absolute atomic E-state index is 13.5. The number of ether oxygens (including phenoxy) is 1. The monoisotopic (exact) mass is 412 g/mol. The molecule has 0 radical (unpaired) electrons. The number of fused-ring (bicyclic) bond motifs is 1. The zero-order valence-electron chi connectivity index (χ0n) is 17.3. The first-order valence-corrected chi connectivity index (χ1v) is 10.2. The largest absolute Gasteiger partial charge is 0.494 e. The van der Waals surface area contributed by atoms with E-state index < -0.39 is 0 Å². The van der Waals surface area contributed by atoms with Crippen molar-refractivity contribution < 1.29 is 9.13 Å². The van der Waals surface area contributed by atoms with Gasteiger partial charge in [0.15, 0.2) is 5.65 Å². The van der Waals surface area contributed by atoms with Gasteiger partial charge in [-0.2, -0.15) is 5.10 Å². The van der Waals surface area contributed by atoms with Crippen LogP contribution in [-0.2, 0) is 0 Å². The van der Waals surface area contributed by atoms with E-state index in [9.17, 15) is 4.39 Å². The van der Waals surface area contributed by atoms with Crippen LogP contribution >= 0.6 is 0 Å². The number of hydrogen-bond donors (Lipinski definition) is 0. The second kappa shape index (κ2) is 7.72. The van der Waals surface area contributed by atoms with E-state index in [0.29, 0.717) is 6.61 Å². The summed E-state index contributed by atoms with van der Waals surface area (Å²) in [5.74, 6) is 1.32. The summed E-state index contributed by atoms with van der Waals surface area (Å²) in [6, 6.07) is 20.3. The molecule has 0 amide bonds. The topological polar surface area (TPSA) is 44.4 Å². The Morgan fingerprint density at radius 3 is 2.29 bits per heavy atom. The van der Waals surface area contributed by atoms with Crippen LogP contribution in [0.5, 0.6) is 5.75 Å². The summed E-state index contributed by atoms with van der Waals surface area (Å²) in [6.45, 7) is 4.56. The molecule has 154 valence electrons. The van der Waals surface area contributed by atoms with Gasteiger partial charge in [0.2, 0.25) is 0 Å². The molecule has 0 aliphatic heterocycles. The van der Waals surface area contributed by atoms with Crippen LogP contribution in [0.3, 0.4) is 0 Å². The minimum Gasteiger partial charge on any atom is -0.494 e. The van der Waals surface area contributed by atoms with Crippen LogP contribution in [0.1, 0.15) is 12.6 Å². The number of hydrogen-bond acceptors (Lipinski definition) is 3. The average molecular weight is 412 g/mol. The Morgan fingerprint density at radius 1 is 0.935 bits per heavy atom. The first kappa shape index (κ1) is 19.1. The number of nitrogens with zero attached hydrogens (tertiary/aromatic N) is 4. The first-order valence-electron chi connectivity index (χ1n) is 10.2. The molecular formula is C25H21FN4O. The Hall–Kier alpha value is -3.93. The van der Waals surface area contributed by atoms with Gasteiger partial charge in [-0.05, 0) is 67.9 Å². The second-order valence-corrected chi connectivity index (χ2v) is 7.25. The van der Waals surface area contributed by atoms with Crippen molar-refractivity contribution in [3.63, 3.8) is 0 Å². The zero-order chi connectivity index (χ0) is 21.4. The lowest BCUT2D eigenvalue weighted by atomic mass is 10.1. The molecule has 31 heavy (non-hydrogen) atoms. The van der Waals surface area contributed by atoms with Gasteiger partial charge in [0.1, 0.15) is 17.4 Å². The molecule has 0 aliphatic carbocycles. The third-order valence-electron chi connectivity index (χ3n) is 5.21. The van der Waals surface area contributed by atoms with Gasteiger partial charge in [-0.3, -0.25) is 0 Å². The van der Waals surface area contributed by atoms with Gasteiger partial charge in [0, 0.05) is 29.6 Å². The molecule has 0 unspecified atom stereocenters. The molecule has 2 aromatic carbocycles. The fraction of sp³-hybridized carbons (Fsp3) is 0.120. The number of aryl methyl sites for hydroxylation is 1. The smallest absolute Gasteiger partial charge is 0.166 e. The van der Waals surface area contributed by atoms with Crippen LogP contribution in [0.4, 0.5) is 4.39 Å². The molecule has 0 bridgehead atoms. The highest BCUT2D eigenvalue weighted by atomic mass is 19.1. The lowest BCUT2D eigenvalue weighted by Gasteiger charge is -2.10. The van der Waals surface area contributed by atoms with Crippen molar-refractivity contribution in [3.05, 3.63) is 90.6 Å². The maximum Gasteiger partial charge on any atom is 0.166 e. The van der Waals surface area contributed by atoms with E-state index >= 15 is 0 Å². The third kappa shape index (κ3) is 3.46. The summed E-state index contributed by atoms with van der Waals surface area (Å²) in [5, 5.41) is 4.79. The van der Waals surface area contributed by atoms with Crippen LogP contribution in [0, 0.1) is 12.7 Å². The quantitative estimate of drug-likeness (QED) is 0.372. The second-order valence-electron chi connectivity index (χ2n) is 7.25. The van der Waals surface area contributed by atoms with Crippen LogP contribution in [-0.4, -0.2) is 25.8 Å². The minimum absolute atomic E-state index is 0.272. The number of rotatable bonds is 5. The van der Waals surface area contributed by atoms with Crippen molar-refractivity contribution in [2.24, 2.45) is 0 Å². The summed E-state index contributed by atoms with van der Waals surface area (Å²) in [4.78, 5) is 4.94. The van der Waals surface area contributed by atoms with E-state index in [4.69, 9.17) is 14.8 Å². The van der Waals surface area contributed by atoms with Crippen molar-refractivity contribution in [3.8, 4) is 34.0 Å². The van der Waals surface area contributed by atoms with Crippen LogP contribution in [0.15, 0.2) is 79.1 Å². The summed E-state index contributed by atoms with van der Waals surface area (Å²) in [7, 11) is 0. The SMILES string of the molecule is CCOc1ccc(-c2c(C)nn3c(-c4ccc(F)cc4)cc(-n4cccc4)nc23)cc1. The van der Waals surface area contributed by atoms with Crippen molar-refractivity contribution in [1.82, 2.24) is 19.2 Å². The van der Waals surface area contributed by atoms with E-state index in [1.165, 1.54) is 12.1 Å². The fourth-order valence-corrected chi connectivity index (χ4v) is 3.78. The van der Waals surface area contributed by atoms with E-state index in [-0.39, 0.29) is 5.82 Å². The van der Waals surface area contributed by atoms with Crippen LogP contribution < -0.4 is 4.74 Å².